The van der Waals surface area contributed by atoms with Crippen molar-refractivity contribution in [3.63, 3.8) is 0 Å². The van der Waals surface area contributed by atoms with Crippen LogP contribution in [0.3, 0.4) is 0 Å². The average Bonchev–Trinajstić information content (AvgIpc) is 2.98. The number of amides is 2. The average molecular weight is 315 g/mol. The lowest BCUT2D eigenvalue weighted by atomic mass is 10.1. The molecule has 2 aliphatic rings. The molecule has 0 spiro atoms. The first kappa shape index (κ1) is 14.9. The zero-order valence-electron chi connectivity index (χ0n) is 12.3. The van der Waals surface area contributed by atoms with Crippen molar-refractivity contribution < 1.29 is 9.59 Å². The number of carbonyl (C=O) groups excluding carboxylic acids is 2. The predicted octanol–water partition coefficient (Wildman–Crippen LogP) is 1.42. The van der Waals surface area contributed by atoms with Gasteiger partial charge in [-0.1, -0.05) is 18.2 Å². The largest absolute Gasteiger partial charge is 0.310 e. The fourth-order valence-electron chi connectivity index (χ4n) is 2.77. The van der Waals surface area contributed by atoms with Gasteiger partial charge in [-0.3, -0.25) is 19.8 Å². The second-order valence-corrected chi connectivity index (χ2v) is 5.86. The third-order valence-electron chi connectivity index (χ3n) is 3.92. The fraction of sp³-hybridized carbons (Fsp3) is 0.312. The summed E-state index contributed by atoms with van der Waals surface area (Å²) in [5.41, 5.74) is 1.77. The molecule has 2 saturated heterocycles. The molecule has 22 heavy (non-hydrogen) atoms. The smallest absolute Gasteiger partial charge is 0.269 e. The van der Waals surface area contributed by atoms with Crippen molar-refractivity contribution in [2.75, 3.05) is 11.4 Å². The Kier molecular flexibility index (Phi) is 4.04. The van der Waals surface area contributed by atoms with Gasteiger partial charge in [0.2, 0.25) is 0 Å². The molecule has 2 aliphatic heterocycles. The first-order valence-electron chi connectivity index (χ1n) is 7.28. The number of nitrogens with zero attached hydrogens (tertiary/aromatic N) is 1. The Bertz CT molecular complexity index is 678. The summed E-state index contributed by atoms with van der Waals surface area (Å²) in [5.74, 6) is -0.787. The van der Waals surface area contributed by atoms with Crippen LogP contribution in [-0.4, -0.2) is 29.5 Å². The van der Waals surface area contributed by atoms with Gasteiger partial charge in [0.15, 0.2) is 5.11 Å². The van der Waals surface area contributed by atoms with Crippen LogP contribution in [0.5, 0.6) is 0 Å². The predicted molar refractivity (Wildman–Crippen MR) is 88.5 cm³/mol. The minimum atomic E-state index is -0.423. The Morgan fingerprint density at radius 3 is 2.77 bits per heavy atom. The van der Waals surface area contributed by atoms with Crippen LogP contribution in [0, 0.1) is 6.92 Å². The highest BCUT2D eigenvalue weighted by atomic mass is 32.1. The van der Waals surface area contributed by atoms with Crippen molar-refractivity contribution in [3.05, 3.63) is 41.5 Å². The number of rotatable bonds is 2. The molecule has 0 radical (unpaired) electrons. The zero-order chi connectivity index (χ0) is 15.7. The summed E-state index contributed by atoms with van der Waals surface area (Å²) in [6.07, 6.45) is 3.70. The number of hydrogen-bond acceptors (Lipinski definition) is 4. The second kappa shape index (κ2) is 5.98. The Labute approximate surface area is 134 Å². The Balaban J connectivity index is 1.97. The molecule has 1 atom stereocenters. The molecule has 3 rings (SSSR count). The van der Waals surface area contributed by atoms with E-state index in [9.17, 15) is 9.59 Å². The van der Waals surface area contributed by atoms with Crippen molar-refractivity contribution in [1.82, 2.24) is 10.6 Å². The summed E-state index contributed by atoms with van der Waals surface area (Å²) >= 11 is 5.19. The van der Waals surface area contributed by atoms with Gasteiger partial charge in [0.05, 0.1) is 5.69 Å². The third-order valence-corrected chi connectivity index (χ3v) is 4.21. The van der Waals surface area contributed by atoms with E-state index in [-0.39, 0.29) is 22.6 Å². The lowest BCUT2D eigenvalue weighted by molar-refractivity contribution is -0.122. The summed E-state index contributed by atoms with van der Waals surface area (Å²) in [4.78, 5) is 26.3. The van der Waals surface area contributed by atoms with E-state index in [1.807, 2.05) is 31.2 Å². The molecule has 2 heterocycles. The number of nitrogens with one attached hydrogen (secondary N) is 2. The number of benzene rings is 1. The lowest BCUT2D eigenvalue weighted by Gasteiger charge is -2.30. The van der Waals surface area contributed by atoms with E-state index in [0.717, 1.165) is 24.9 Å². The van der Waals surface area contributed by atoms with Crippen LogP contribution in [0.4, 0.5) is 5.69 Å². The maximum atomic E-state index is 12.8. The van der Waals surface area contributed by atoms with Crippen molar-refractivity contribution in [2.45, 2.75) is 25.8 Å². The molecule has 6 heteroatoms. The van der Waals surface area contributed by atoms with Gasteiger partial charge in [-0.05, 0) is 56.2 Å². The van der Waals surface area contributed by atoms with Gasteiger partial charge in [-0.2, -0.15) is 0 Å². The standard InChI is InChI=1S/C16H17N3O2S/c1-10-5-2-3-7-13(10)19-15(21)12(14(20)18-16(19)22)9-11-6-4-8-17-11/h2-3,5,7,9,11,17H,4,6,8H2,1H3,(H,18,20,22)/b12-9+. The normalized spacial score (nSPS) is 24.0. The molecule has 2 fully saturated rings. The summed E-state index contributed by atoms with van der Waals surface area (Å²) in [5, 5.41) is 6.00. The van der Waals surface area contributed by atoms with Crippen LogP contribution in [0.25, 0.3) is 0 Å². The fourth-order valence-corrected chi connectivity index (χ4v) is 3.04. The van der Waals surface area contributed by atoms with E-state index in [0.29, 0.717) is 5.69 Å². The Hall–Kier alpha value is -2.05. The van der Waals surface area contributed by atoms with Gasteiger partial charge in [0.25, 0.3) is 11.8 Å². The highest BCUT2D eigenvalue weighted by molar-refractivity contribution is 7.80. The summed E-state index contributed by atoms with van der Waals surface area (Å²) < 4.78 is 0. The van der Waals surface area contributed by atoms with Gasteiger partial charge < -0.3 is 5.32 Å². The molecule has 0 aromatic heterocycles. The Morgan fingerprint density at radius 1 is 1.32 bits per heavy atom. The number of anilines is 1. The quantitative estimate of drug-likeness (QED) is 0.492. The molecule has 1 unspecified atom stereocenters. The van der Waals surface area contributed by atoms with E-state index in [2.05, 4.69) is 10.6 Å². The van der Waals surface area contributed by atoms with Crippen LogP contribution in [-0.2, 0) is 9.59 Å². The van der Waals surface area contributed by atoms with Crippen LogP contribution in [0.15, 0.2) is 35.9 Å². The molecule has 1 aromatic rings. The van der Waals surface area contributed by atoms with E-state index >= 15 is 0 Å². The molecular formula is C16H17N3O2S. The molecule has 0 aliphatic carbocycles. The van der Waals surface area contributed by atoms with E-state index < -0.39 is 5.91 Å². The monoisotopic (exact) mass is 315 g/mol. The van der Waals surface area contributed by atoms with Crippen molar-refractivity contribution in [3.8, 4) is 0 Å². The first-order chi connectivity index (χ1) is 10.6. The highest BCUT2D eigenvalue weighted by Crippen LogP contribution is 2.24. The van der Waals surface area contributed by atoms with Crippen molar-refractivity contribution in [1.29, 1.82) is 0 Å². The van der Waals surface area contributed by atoms with E-state index in [4.69, 9.17) is 12.2 Å². The van der Waals surface area contributed by atoms with E-state index in [1.54, 1.807) is 6.08 Å². The molecule has 0 bridgehead atoms. The van der Waals surface area contributed by atoms with Crippen molar-refractivity contribution >= 4 is 34.8 Å². The number of para-hydroxylation sites is 1. The minimum absolute atomic E-state index is 0.0649. The minimum Gasteiger partial charge on any atom is -0.310 e. The van der Waals surface area contributed by atoms with Crippen molar-refractivity contribution in [2.24, 2.45) is 0 Å². The molecule has 2 amide bonds. The van der Waals surface area contributed by atoms with E-state index in [1.165, 1.54) is 4.90 Å². The van der Waals surface area contributed by atoms with Gasteiger partial charge in [0, 0.05) is 6.04 Å². The number of thiocarbonyl (C=S) groups is 1. The van der Waals surface area contributed by atoms with Gasteiger partial charge >= 0.3 is 0 Å². The summed E-state index contributed by atoms with van der Waals surface area (Å²) in [6.45, 7) is 2.81. The number of carbonyl (C=O) groups is 2. The lowest BCUT2D eigenvalue weighted by Crippen LogP contribution is -2.54. The maximum absolute atomic E-state index is 12.8. The molecule has 1 aromatic carbocycles. The summed E-state index contributed by atoms with van der Waals surface area (Å²) in [7, 11) is 0. The van der Waals surface area contributed by atoms with Gasteiger partial charge in [-0.15, -0.1) is 0 Å². The van der Waals surface area contributed by atoms with Crippen LogP contribution < -0.4 is 15.5 Å². The van der Waals surface area contributed by atoms with Crippen LogP contribution >= 0.6 is 12.2 Å². The number of aryl methyl sites for hydroxylation is 1. The SMILES string of the molecule is Cc1ccccc1N1C(=O)/C(=C/C2CCCN2)C(=O)NC1=S. The highest BCUT2D eigenvalue weighted by Gasteiger charge is 2.35. The number of hydrogen-bond donors (Lipinski definition) is 2. The van der Waals surface area contributed by atoms with Crippen LogP contribution in [0.2, 0.25) is 0 Å². The summed E-state index contributed by atoms with van der Waals surface area (Å²) in [6, 6.07) is 7.53. The molecular weight excluding hydrogens is 298 g/mol. The van der Waals surface area contributed by atoms with Crippen LogP contribution in [0.1, 0.15) is 18.4 Å². The maximum Gasteiger partial charge on any atom is 0.269 e. The molecule has 5 nitrogen and oxygen atoms in total. The van der Waals surface area contributed by atoms with Gasteiger partial charge in [0.1, 0.15) is 5.57 Å². The topological polar surface area (TPSA) is 61.4 Å². The Morgan fingerprint density at radius 2 is 2.09 bits per heavy atom. The first-order valence-corrected chi connectivity index (χ1v) is 7.69. The van der Waals surface area contributed by atoms with Gasteiger partial charge in [-0.25, -0.2) is 0 Å². The molecule has 114 valence electrons. The molecule has 2 N–H and O–H groups in total. The third kappa shape index (κ3) is 2.67. The molecule has 0 saturated carbocycles. The zero-order valence-corrected chi connectivity index (χ0v) is 13.1. The second-order valence-electron chi connectivity index (χ2n) is 5.47.